The van der Waals surface area contributed by atoms with Gasteiger partial charge in [0, 0.05) is 13.1 Å². The lowest BCUT2D eigenvalue weighted by Crippen LogP contribution is -2.18. The van der Waals surface area contributed by atoms with Crippen LogP contribution in [0.2, 0.25) is 0 Å². The van der Waals surface area contributed by atoms with E-state index in [2.05, 4.69) is 23.1 Å². The molecule has 0 bridgehead atoms. The Morgan fingerprint density at radius 3 is 2.62 bits per heavy atom. The summed E-state index contributed by atoms with van der Waals surface area (Å²) in [6, 6.07) is 11.6. The average Bonchev–Trinajstić information content (AvgIpc) is 2.61. The van der Waals surface area contributed by atoms with Gasteiger partial charge < -0.3 is 4.74 Å². The molecule has 0 aromatic heterocycles. The number of likely N-dealkylation sites (N-methyl/N-ethyl adjacent to an activating group) is 1. The van der Waals surface area contributed by atoms with E-state index in [0.717, 1.165) is 49.4 Å². The molecule has 0 saturated heterocycles. The minimum Gasteiger partial charge on any atom is -0.493 e. The topological polar surface area (TPSA) is 12.5 Å². The molecule has 0 fully saturated rings. The predicted octanol–water partition coefficient (Wildman–Crippen LogP) is 5.18. The summed E-state index contributed by atoms with van der Waals surface area (Å²) in [5, 5.41) is 0. The molecule has 2 aromatic rings. The highest BCUT2D eigenvalue weighted by Gasteiger charge is 2.29. The van der Waals surface area contributed by atoms with Crippen molar-refractivity contribution in [2.45, 2.75) is 25.6 Å². The van der Waals surface area contributed by atoms with Crippen molar-refractivity contribution in [1.29, 1.82) is 0 Å². The first-order chi connectivity index (χ1) is 12.4. The van der Waals surface area contributed by atoms with Crippen molar-refractivity contribution >= 4 is 6.08 Å². The maximum absolute atomic E-state index is 12.6. The van der Waals surface area contributed by atoms with E-state index in [0.29, 0.717) is 6.54 Å². The molecule has 2 aromatic carbocycles. The van der Waals surface area contributed by atoms with Gasteiger partial charge in [-0.2, -0.15) is 13.2 Å². The molecular weight excluding hydrogens is 339 g/mol. The van der Waals surface area contributed by atoms with Gasteiger partial charge >= 0.3 is 6.18 Å². The van der Waals surface area contributed by atoms with Gasteiger partial charge in [-0.25, -0.2) is 0 Å². The van der Waals surface area contributed by atoms with Crippen LogP contribution in [-0.2, 0) is 19.1 Å². The van der Waals surface area contributed by atoms with Gasteiger partial charge in [0.2, 0.25) is 0 Å². The summed E-state index contributed by atoms with van der Waals surface area (Å²) < 4.78 is 43.4. The Morgan fingerprint density at radius 1 is 1.12 bits per heavy atom. The van der Waals surface area contributed by atoms with Crippen LogP contribution in [-0.4, -0.2) is 25.1 Å². The van der Waals surface area contributed by atoms with Gasteiger partial charge in [-0.3, -0.25) is 4.90 Å². The number of nitrogens with zero attached hydrogens (tertiary/aromatic N) is 1. The van der Waals surface area contributed by atoms with E-state index in [1.807, 2.05) is 19.2 Å². The summed E-state index contributed by atoms with van der Waals surface area (Å²) in [5.41, 5.74) is 2.59. The molecule has 1 heterocycles. The molecule has 0 unspecified atom stereocenters. The third-order valence-electron chi connectivity index (χ3n) is 4.40. The molecule has 0 atom stereocenters. The largest absolute Gasteiger partial charge is 0.493 e. The smallest absolute Gasteiger partial charge is 0.416 e. The van der Waals surface area contributed by atoms with Crippen molar-refractivity contribution in [2.75, 3.05) is 20.2 Å². The Bertz CT molecular complexity index is 766. The quantitative estimate of drug-likeness (QED) is 0.728. The number of ether oxygens (including phenoxy) is 1. The van der Waals surface area contributed by atoms with Gasteiger partial charge in [-0.1, -0.05) is 36.4 Å². The number of halogens is 3. The van der Waals surface area contributed by atoms with Crippen LogP contribution >= 0.6 is 0 Å². The number of aryl methyl sites for hydroxylation is 1. The van der Waals surface area contributed by atoms with Gasteiger partial charge in [0.1, 0.15) is 5.75 Å². The van der Waals surface area contributed by atoms with E-state index < -0.39 is 11.7 Å². The van der Waals surface area contributed by atoms with E-state index in [1.165, 1.54) is 23.3 Å². The number of hydrogen-bond acceptors (Lipinski definition) is 2. The lowest BCUT2D eigenvalue weighted by atomic mass is 10.0. The third-order valence-corrected chi connectivity index (χ3v) is 4.40. The minimum atomic E-state index is -4.29. The molecule has 0 amide bonds. The first-order valence-electron chi connectivity index (χ1n) is 8.69. The summed E-state index contributed by atoms with van der Waals surface area (Å²) in [4.78, 5) is 2.14. The summed E-state index contributed by atoms with van der Waals surface area (Å²) >= 11 is 0. The standard InChI is InChI=1S/C21H22F3NO/c1-25(15-17-6-9-18-5-3-13-26-20(18)14-17)12-2-4-16-7-10-19(11-8-16)21(22,23)24/h2,4,6-11,14H,3,5,12-13,15H2,1H3. The molecule has 0 N–H and O–H groups in total. The second-order valence-corrected chi connectivity index (χ2v) is 6.61. The Labute approximate surface area is 151 Å². The normalized spacial score (nSPS) is 14.5. The Morgan fingerprint density at radius 2 is 1.88 bits per heavy atom. The number of rotatable bonds is 5. The van der Waals surface area contributed by atoms with E-state index in [4.69, 9.17) is 4.74 Å². The monoisotopic (exact) mass is 361 g/mol. The zero-order valence-corrected chi connectivity index (χ0v) is 14.7. The second-order valence-electron chi connectivity index (χ2n) is 6.61. The van der Waals surface area contributed by atoms with E-state index >= 15 is 0 Å². The molecule has 2 nitrogen and oxygen atoms in total. The summed E-state index contributed by atoms with van der Waals surface area (Å²) in [6.07, 6.45) is 1.65. The Kier molecular flexibility index (Phi) is 5.67. The number of benzene rings is 2. The second kappa shape index (κ2) is 7.96. The van der Waals surface area contributed by atoms with Crippen LogP contribution in [0.4, 0.5) is 13.2 Å². The molecule has 0 radical (unpaired) electrons. The molecule has 26 heavy (non-hydrogen) atoms. The zero-order valence-electron chi connectivity index (χ0n) is 14.7. The molecule has 138 valence electrons. The van der Waals surface area contributed by atoms with Crippen LogP contribution in [0.15, 0.2) is 48.5 Å². The molecule has 0 saturated carbocycles. The maximum Gasteiger partial charge on any atom is 0.416 e. The predicted molar refractivity (Wildman–Crippen MR) is 97.1 cm³/mol. The van der Waals surface area contributed by atoms with E-state index in [-0.39, 0.29) is 0 Å². The van der Waals surface area contributed by atoms with Crippen LogP contribution < -0.4 is 4.74 Å². The van der Waals surface area contributed by atoms with Gasteiger partial charge in [0.05, 0.1) is 12.2 Å². The lowest BCUT2D eigenvalue weighted by Gasteiger charge is -2.20. The highest BCUT2D eigenvalue weighted by molar-refractivity contribution is 5.50. The zero-order chi connectivity index (χ0) is 18.6. The fraction of sp³-hybridized carbons (Fsp3) is 0.333. The van der Waals surface area contributed by atoms with Crippen molar-refractivity contribution in [3.8, 4) is 5.75 Å². The number of fused-ring (bicyclic) bond motifs is 1. The summed E-state index contributed by atoms with van der Waals surface area (Å²) in [6.45, 7) is 2.27. The molecule has 3 rings (SSSR count). The summed E-state index contributed by atoms with van der Waals surface area (Å²) in [7, 11) is 2.01. The highest BCUT2D eigenvalue weighted by Crippen LogP contribution is 2.29. The third kappa shape index (κ3) is 4.88. The Balaban J connectivity index is 1.53. The molecule has 0 aliphatic carbocycles. The van der Waals surface area contributed by atoms with Crippen LogP contribution in [0, 0.1) is 0 Å². The van der Waals surface area contributed by atoms with Gasteiger partial charge in [0.15, 0.2) is 0 Å². The highest BCUT2D eigenvalue weighted by atomic mass is 19.4. The summed E-state index contributed by atoms with van der Waals surface area (Å²) in [5.74, 6) is 0.988. The molecule has 1 aliphatic rings. The van der Waals surface area contributed by atoms with Crippen LogP contribution in [0.1, 0.15) is 28.7 Å². The van der Waals surface area contributed by atoms with Gasteiger partial charge in [0.25, 0.3) is 0 Å². The van der Waals surface area contributed by atoms with Crippen molar-refractivity contribution in [3.05, 3.63) is 70.8 Å². The van der Waals surface area contributed by atoms with E-state index in [9.17, 15) is 13.2 Å². The van der Waals surface area contributed by atoms with Gasteiger partial charge in [-0.15, -0.1) is 0 Å². The van der Waals surface area contributed by atoms with Crippen molar-refractivity contribution in [2.24, 2.45) is 0 Å². The molecule has 5 heteroatoms. The molecule has 1 aliphatic heterocycles. The SMILES string of the molecule is CN(CC=Cc1ccc(C(F)(F)F)cc1)Cc1ccc2c(c1)OCCC2. The fourth-order valence-electron chi connectivity index (χ4n) is 3.01. The number of hydrogen-bond donors (Lipinski definition) is 0. The van der Waals surface area contributed by atoms with Crippen molar-refractivity contribution in [1.82, 2.24) is 4.90 Å². The van der Waals surface area contributed by atoms with Crippen LogP contribution in [0.3, 0.4) is 0 Å². The maximum atomic E-state index is 12.6. The molecule has 0 spiro atoms. The van der Waals surface area contributed by atoms with Crippen molar-refractivity contribution < 1.29 is 17.9 Å². The van der Waals surface area contributed by atoms with Crippen LogP contribution in [0.5, 0.6) is 5.75 Å². The molecular formula is C21H22F3NO. The number of alkyl halides is 3. The van der Waals surface area contributed by atoms with Gasteiger partial charge in [-0.05, 0) is 54.8 Å². The van der Waals surface area contributed by atoms with E-state index in [1.54, 1.807) is 0 Å². The van der Waals surface area contributed by atoms with Crippen LogP contribution in [0.25, 0.3) is 6.08 Å². The first-order valence-corrected chi connectivity index (χ1v) is 8.69. The minimum absolute atomic E-state index is 0.624. The van der Waals surface area contributed by atoms with Crippen molar-refractivity contribution in [3.63, 3.8) is 0 Å². The first kappa shape index (κ1) is 18.5. The Hall–Kier alpha value is -2.27. The average molecular weight is 361 g/mol. The fourth-order valence-corrected chi connectivity index (χ4v) is 3.01. The lowest BCUT2D eigenvalue weighted by molar-refractivity contribution is -0.137.